The second-order valence-electron chi connectivity index (χ2n) is 6.80. The number of nitrogens with zero attached hydrogens (tertiary/aromatic N) is 2. The molecule has 3 rings (SSSR count). The number of hydrogen-bond acceptors (Lipinski definition) is 8. The molecule has 0 saturated carbocycles. The van der Waals surface area contributed by atoms with E-state index in [4.69, 9.17) is 13.9 Å². The molecule has 1 N–H and O–H groups in total. The summed E-state index contributed by atoms with van der Waals surface area (Å²) in [6.45, 7) is 7.32. The number of Topliss-reactive ketones (excluding diaryl/α,β-unsaturated/α-hetero) is 1. The van der Waals surface area contributed by atoms with Crippen molar-refractivity contribution in [1.82, 2.24) is 15.2 Å². The van der Waals surface area contributed by atoms with Crippen molar-refractivity contribution in [2.45, 2.75) is 44.8 Å². The van der Waals surface area contributed by atoms with Crippen LogP contribution in [0.15, 0.2) is 33.9 Å². The Morgan fingerprint density at radius 3 is 2.53 bits per heavy atom. The van der Waals surface area contributed by atoms with E-state index in [2.05, 4.69) is 15.2 Å². The van der Waals surface area contributed by atoms with E-state index in [1.54, 1.807) is 20.8 Å². The molecule has 1 unspecified atom stereocenters. The molecule has 0 aliphatic carbocycles. The number of carbonyl (C=O) groups is 2. The Morgan fingerprint density at radius 1 is 1.17 bits per heavy atom. The van der Waals surface area contributed by atoms with Gasteiger partial charge in [-0.1, -0.05) is 29.5 Å². The average molecular weight is 429 g/mol. The van der Waals surface area contributed by atoms with Crippen LogP contribution in [0, 0.1) is 20.8 Å². The maximum atomic E-state index is 12.9. The van der Waals surface area contributed by atoms with Gasteiger partial charge in [0.25, 0.3) is 11.1 Å². The number of methoxy groups -OCH3 is 1. The van der Waals surface area contributed by atoms with E-state index in [0.29, 0.717) is 34.2 Å². The third-order valence-corrected chi connectivity index (χ3v) is 5.49. The van der Waals surface area contributed by atoms with Gasteiger partial charge in [-0.25, -0.2) is 4.79 Å². The Bertz CT molecular complexity index is 1060. The van der Waals surface area contributed by atoms with Gasteiger partial charge in [-0.3, -0.25) is 4.79 Å². The molecule has 158 valence electrons. The molecule has 2 aromatic heterocycles. The lowest BCUT2D eigenvalue weighted by Gasteiger charge is -2.07. The van der Waals surface area contributed by atoms with Gasteiger partial charge >= 0.3 is 5.97 Å². The summed E-state index contributed by atoms with van der Waals surface area (Å²) in [6, 6.07) is 7.64. The quantitative estimate of drug-likeness (QED) is 0.325. The highest BCUT2D eigenvalue weighted by molar-refractivity contribution is 8.00. The molecule has 0 bridgehead atoms. The molecule has 0 radical (unpaired) electrons. The van der Waals surface area contributed by atoms with E-state index >= 15 is 0 Å². The maximum absolute atomic E-state index is 12.9. The van der Waals surface area contributed by atoms with Crippen molar-refractivity contribution in [2.75, 3.05) is 7.11 Å². The molecule has 0 saturated heterocycles. The minimum atomic E-state index is -0.501. The molecule has 30 heavy (non-hydrogen) atoms. The van der Waals surface area contributed by atoms with Crippen LogP contribution in [0.5, 0.6) is 5.75 Å². The molecular formula is C21H23N3O5S. The van der Waals surface area contributed by atoms with Crippen LogP contribution in [0.1, 0.15) is 50.5 Å². The number of thioether (sulfide) groups is 1. The summed E-state index contributed by atoms with van der Waals surface area (Å²) in [4.78, 5) is 27.8. The molecule has 0 amide bonds. The van der Waals surface area contributed by atoms with Crippen molar-refractivity contribution in [3.8, 4) is 5.75 Å². The first kappa shape index (κ1) is 21.6. The van der Waals surface area contributed by atoms with Crippen LogP contribution in [-0.4, -0.2) is 39.3 Å². The SMILES string of the molecule is COC(=O)c1c(C)[nH]c(C(=O)C(C)Sc2nnc(COc3ccc(C)cc3)o2)c1C. The molecule has 9 heteroatoms. The summed E-state index contributed by atoms with van der Waals surface area (Å²) in [7, 11) is 1.31. The van der Waals surface area contributed by atoms with E-state index in [-0.39, 0.29) is 17.6 Å². The van der Waals surface area contributed by atoms with E-state index < -0.39 is 11.2 Å². The third-order valence-electron chi connectivity index (χ3n) is 4.55. The number of aromatic amines is 1. The lowest BCUT2D eigenvalue weighted by Crippen LogP contribution is -2.15. The van der Waals surface area contributed by atoms with Crippen LogP contribution in [0.4, 0.5) is 0 Å². The summed E-state index contributed by atoms with van der Waals surface area (Å²) in [5.41, 5.74) is 3.05. The minimum Gasteiger partial charge on any atom is -0.484 e. The van der Waals surface area contributed by atoms with Crippen molar-refractivity contribution >= 4 is 23.5 Å². The molecule has 8 nitrogen and oxygen atoms in total. The smallest absolute Gasteiger partial charge is 0.339 e. The van der Waals surface area contributed by atoms with Gasteiger partial charge in [0.1, 0.15) is 5.75 Å². The first-order chi connectivity index (χ1) is 14.3. The average Bonchev–Trinajstić information content (AvgIpc) is 3.29. The molecular weight excluding hydrogens is 406 g/mol. The highest BCUT2D eigenvalue weighted by Gasteiger charge is 2.27. The van der Waals surface area contributed by atoms with Crippen molar-refractivity contribution in [1.29, 1.82) is 0 Å². The minimum absolute atomic E-state index is 0.135. The number of nitrogens with one attached hydrogen (secondary N) is 1. The van der Waals surface area contributed by atoms with Crippen LogP contribution >= 0.6 is 11.8 Å². The fourth-order valence-corrected chi connectivity index (χ4v) is 3.70. The number of H-pyrrole nitrogens is 1. The topological polar surface area (TPSA) is 107 Å². The highest BCUT2D eigenvalue weighted by atomic mass is 32.2. The molecule has 0 fully saturated rings. The number of carbonyl (C=O) groups excluding carboxylic acids is 2. The summed E-state index contributed by atoms with van der Waals surface area (Å²) < 4.78 is 16.0. The summed E-state index contributed by atoms with van der Waals surface area (Å²) >= 11 is 1.15. The number of aryl methyl sites for hydroxylation is 2. The van der Waals surface area contributed by atoms with Crippen molar-refractivity contribution in [3.63, 3.8) is 0 Å². The van der Waals surface area contributed by atoms with E-state index in [1.165, 1.54) is 7.11 Å². The van der Waals surface area contributed by atoms with Gasteiger partial charge in [0.05, 0.1) is 23.6 Å². The second kappa shape index (κ2) is 9.17. The van der Waals surface area contributed by atoms with Crippen molar-refractivity contribution < 1.29 is 23.5 Å². The third kappa shape index (κ3) is 4.73. The largest absolute Gasteiger partial charge is 0.484 e. The fourth-order valence-electron chi connectivity index (χ4n) is 2.94. The second-order valence-corrected chi connectivity index (χ2v) is 8.10. The molecule has 0 aliphatic rings. The maximum Gasteiger partial charge on any atom is 0.339 e. The first-order valence-electron chi connectivity index (χ1n) is 9.30. The normalized spacial score (nSPS) is 11.9. The van der Waals surface area contributed by atoms with Gasteiger partial charge < -0.3 is 18.9 Å². The van der Waals surface area contributed by atoms with Crippen LogP contribution in [0.2, 0.25) is 0 Å². The zero-order chi connectivity index (χ0) is 21.8. The van der Waals surface area contributed by atoms with Gasteiger partial charge in [-0.15, -0.1) is 10.2 Å². The number of benzene rings is 1. The lowest BCUT2D eigenvalue weighted by molar-refractivity contribution is 0.0599. The van der Waals surface area contributed by atoms with Gasteiger partial charge in [-0.2, -0.15) is 0 Å². The first-order valence-corrected chi connectivity index (χ1v) is 10.2. The predicted molar refractivity (Wildman–Crippen MR) is 111 cm³/mol. The van der Waals surface area contributed by atoms with Gasteiger partial charge in [0.15, 0.2) is 12.4 Å². The van der Waals surface area contributed by atoms with E-state index in [0.717, 1.165) is 17.3 Å². The number of hydrogen-bond donors (Lipinski definition) is 1. The van der Waals surface area contributed by atoms with Gasteiger partial charge in [0.2, 0.25) is 0 Å². The fraction of sp³-hybridized carbons (Fsp3) is 0.333. The van der Waals surface area contributed by atoms with Crippen LogP contribution < -0.4 is 4.74 Å². The zero-order valence-corrected chi connectivity index (χ0v) is 18.3. The number of ether oxygens (including phenoxy) is 2. The van der Waals surface area contributed by atoms with E-state index in [1.807, 2.05) is 31.2 Å². The molecule has 2 heterocycles. The van der Waals surface area contributed by atoms with Gasteiger partial charge in [-0.05, 0) is 45.4 Å². The Morgan fingerprint density at radius 2 is 1.87 bits per heavy atom. The molecule has 1 aromatic carbocycles. The number of aromatic nitrogens is 3. The zero-order valence-electron chi connectivity index (χ0n) is 17.4. The Labute approximate surface area is 178 Å². The molecule has 0 spiro atoms. The standard InChI is InChI=1S/C21H23N3O5S/c1-11-6-8-15(9-7-11)28-10-16-23-24-21(29-16)30-14(4)19(25)18-12(2)17(13(3)22-18)20(26)27-5/h6-9,14,22H,10H2,1-5H3. The number of esters is 1. The molecule has 3 aromatic rings. The predicted octanol–water partition coefficient (Wildman–Crippen LogP) is 4.05. The Kier molecular flexibility index (Phi) is 6.61. The van der Waals surface area contributed by atoms with Crippen molar-refractivity contribution in [2.24, 2.45) is 0 Å². The van der Waals surface area contributed by atoms with Gasteiger partial charge in [0, 0.05) is 5.69 Å². The monoisotopic (exact) mass is 429 g/mol. The number of ketones is 1. The molecule has 1 atom stereocenters. The summed E-state index contributed by atoms with van der Waals surface area (Å²) in [5.74, 6) is 0.371. The van der Waals surface area contributed by atoms with Crippen LogP contribution in [-0.2, 0) is 11.3 Å². The van der Waals surface area contributed by atoms with Crippen molar-refractivity contribution in [3.05, 3.63) is 58.2 Å². The summed E-state index contributed by atoms with van der Waals surface area (Å²) in [5, 5.41) is 7.71. The Balaban J connectivity index is 1.63. The number of rotatable bonds is 8. The summed E-state index contributed by atoms with van der Waals surface area (Å²) in [6.07, 6.45) is 0. The van der Waals surface area contributed by atoms with Crippen LogP contribution in [0.25, 0.3) is 0 Å². The highest BCUT2D eigenvalue weighted by Crippen LogP contribution is 2.27. The van der Waals surface area contributed by atoms with E-state index in [9.17, 15) is 9.59 Å². The lowest BCUT2D eigenvalue weighted by atomic mass is 10.1. The molecule has 0 aliphatic heterocycles. The van der Waals surface area contributed by atoms with Crippen LogP contribution in [0.3, 0.4) is 0 Å². The Hall–Kier alpha value is -3.07.